The van der Waals surface area contributed by atoms with Gasteiger partial charge < -0.3 is 24.4 Å². The predicted molar refractivity (Wildman–Crippen MR) is 241 cm³/mol. The molecule has 12 heteroatoms. The van der Waals surface area contributed by atoms with Crippen molar-refractivity contribution in [2.75, 3.05) is 13.2 Å². The monoisotopic (exact) mass is 860 g/mol. The van der Waals surface area contributed by atoms with Crippen LogP contribution in [0.1, 0.15) is 119 Å². The Morgan fingerprint density at radius 3 is 2.29 bits per heavy atom. The van der Waals surface area contributed by atoms with Crippen LogP contribution in [0.25, 0.3) is 10.8 Å². The Balaban J connectivity index is 0.968. The Hall–Kier alpha value is -4.99. The van der Waals surface area contributed by atoms with Crippen LogP contribution in [0.5, 0.6) is 5.75 Å². The molecule has 0 bridgehead atoms. The van der Waals surface area contributed by atoms with Crippen LogP contribution in [0.3, 0.4) is 0 Å². The van der Waals surface area contributed by atoms with Crippen molar-refractivity contribution in [2.45, 2.75) is 133 Å². The van der Waals surface area contributed by atoms with Gasteiger partial charge in [-0.25, -0.2) is 5.09 Å². The molecule has 0 aromatic heterocycles. The quantitative estimate of drug-likeness (QED) is 0.0894. The number of carbonyl (C=O) groups is 4. The number of benzene rings is 4. The van der Waals surface area contributed by atoms with Crippen LogP contribution >= 0.6 is 7.52 Å². The number of para-hydroxylation sites is 1. The number of likely N-dealkylation sites (tertiary alicyclic amines) is 1. The zero-order valence-corrected chi connectivity index (χ0v) is 37.2. The molecule has 3 heterocycles. The molecule has 0 radical (unpaired) electrons. The first-order valence-corrected chi connectivity index (χ1v) is 24.6. The summed E-state index contributed by atoms with van der Waals surface area (Å²) in [5, 5.41) is 7.69. The average Bonchev–Trinajstić information content (AvgIpc) is 3.77. The van der Waals surface area contributed by atoms with Gasteiger partial charge in [-0.2, -0.15) is 0 Å². The highest BCUT2D eigenvalue weighted by molar-refractivity contribution is 7.56. The molecule has 11 nitrogen and oxygen atoms in total. The number of hydrogen-bond acceptors (Lipinski definition) is 7. The number of rotatable bonds is 15. The molecule has 328 valence electrons. The average molecular weight is 861 g/mol. The fourth-order valence-electron chi connectivity index (χ4n) is 10.00. The smallest absolute Gasteiger partial charge is 0.323 e. The Kier molecular flexibility index (Phi) is 13.2. The highest BCUT2D eigenvalue weighted by Gasteiger charge is 2.58. The summed E-state index contributed by atoms with van der Waals surface area (Å²) >= 11 is 0. The van der Waals surface area contributed by atoms with E-state index >= 15 is 0 Å². The van der Waals surface area contributed by atoms with Gasteiger partial charge in [-0.3, -0.25) is 23.7 Å². The first-order valence-electron chi connectivity index (χ1n) is 22.8. The van der Waals surface area contributed by atoms with E-state index in [1.807, 2.05) is 41.3 Å². The molecule has 4 fully saturated rings. The summed E-state index contributed by atoms with van der Waals surface area (Å²) in [5.41, 5.74) is 2.24. The zero-order chi connectivity index (χ0) is 43.4. The van der Waals surface area contributed by atoms with E-state index < -0.39 is 31.6 Å². The number of amides is 3. The maximum Gasteiger partial charge on any atom is 0.323 e. The minimum absolute atomic E-state index is 0.0163. The van der Waals surface area contributed by atoms with Gasteiger partial charge >= 0.3 is 13.5 Å². The van der Waals surface area contributed by atoms with Crippen LogP contribution < -0.4 is 14.9 Å². The number of carbonyl (C=O) groups excluding carboxylic acids is 4. The molecule has 1 aliphatic carbocycles. The third-order valence-electron chi connectivity index (χ3n) is 13.8. The maximum absolute atomic E-state index is 14.6. The van der Waals surface area contributed by atoms with Crippen LogP contribution in [0, 0.1) is 5.92 Å². The highest BCUT2D eigenvalue weighted by Crippen LogP contribution is 2.55. The van der Waals surface area contributed by atoms with E-state index in [1.54, 1.807) is 43.3 Å². The van der Waals surface area contributed by atoms with Gasteiger partial charge in [0, 0.05) is 29.6 Å². The molecule has 3 amide bonds. The second-order valence-corrected chi connectivity index (χ2v) is 20.2. The molecule has 2 N–H and O–H groups in total. The van der Waals surface area contributed by atoms with Crippen molar-refractivity contribution in [1.29, 1.82) is 0 Å². The van der Waals surface area contributed by atoms with Crippen molar-refractivity contribution < 1.29 is 33.0 Å². The van der Waals surface area contributed by atoms with Crippen molar-refractivity contribution in [3.8, 4) is 5.75 Å². The van der Waals surface area contributed by atoms with Crippen LogP contribution in [-0.2, 0) is 29.8 Å². The Morgan fingerprint density at radius 2 is 1.56 bits per heavy atom. The summed E-state index contributed by atoms with van der Waals surface area (Å²) in [6, 6.07) is 28.2. The fraction of sp³-hybridized carbons (Fsp3) is 0.480. The number of nitrogens with zero attached hydrogens (tertiary/aromatic N) is 2. The summed E-state index contributed by atoms with van der Waals surface area (Å²) in [7, 11) is -3.73. The van der Waals surface area contributed by atoms with Gasteiger partial charge in [0.1, 0.15) is 23.9 Å². The molecule has 3 aliphatic heterocycles. The summed E-state index contributed by atoms with van der Waals surface area (Å²) in [4.78, 5) is 60.1. The largest absolute Gasteiger partial charge is 0.464 e. The number of fused-ring (bicyclic) bond motifs is 2. The Morgan fingerprint density at radius 1 is 0.855 bits per heavy atom. The normalized spacial score (nSPS) is 23.3. The topological polar surface area (TPSA) is 134 Å². The SMILES string of the molecule is CCC(CC)COC(=O)[C@H](C)NP(=O)(Cc1ccc2ccc(C(=O)N[C@H]3CCCC[C@H]4CC[C@@H](C(=O)N5CC(c6ccccc6)CC56CC6)N4C3=O)cc2c1)Oc1ccccc1. The lowest BCUT2D eigenvalue weighted by molar-refractivity contribution is -0.148. The first-order chi connectivity index (χ1) is 30.0. The summed E-state index contributed by atoms with van der Waals surface area (Å²) in [6.45, 7) is 6.72. The number of ether oxygens (including phenoxy) is 1. The Labute approximate surface area is 365 Å². The van der Waals surface area contributed by atoms with Crippen molar-refractivity contribution in [2.24, 2.45) is 5.92 Å². The number of esters is 1. The molecule has 4 aromatic rings. The predicted octanol–water partition coefficient (Wildman–Crippen LogP) is 9.15. The van der Waals surface area contributed by atoms with E-state index in [4.69, 9.17) is 9.26 Å². The van der Waals surface area contributed by atoms with Crippen molar-refractivity contribution in [1.82, 2.24) is 20.2 Å². The summed E-state index contributed by atoms with van der Waals surface area (Å²) < 4.78 is 26.3. The molecule has 4 aromatic carbocycles. The first kappa shape index (κ1) is 43.7. The zero-order valence-electron chi connectivity index (χ0n) is 36.3. The lowest BCUT2D eigenvalue weighted by Crippen LogP contribution is -2.57. The van der Waals surface area contributed by atoms with Crippen LogP contribution in [0.15, 0.2) is 97.1 Å². The van der Waals surface area contributed by atoms with Gasteiger partial charge in [-0.1, -0.05) is 112 Å². The molecule has 62 heavy (non-hydrogen) atoms. The second kappa shape index (κ2) is 18.8. The van der Waals surface area contributed by atoms with E-state index in [9.17, 15) is 23.7 Å². The van der Waals surface area contributed by atoms with Gasteiger partial charge in [0.05, 0.1) is 12.8 Å². The van der Waals surface area contributed by atoms with Crippen LogP contribution in [0.2, 0.25) is 0 Å². The Bertz CT molecular complexity index is 2300. The minimum atomic E-state index is -3.73. The van der Waals surface area contributed by atoms with Crippen LogP contribution in [0.4, 0.5) is 0 Å². The van der Waals surface area contributed by atoms with Crippen LogP contribution in [-0.4, -0.2) is 76.3 Å². The fourth-order valence-corrected chi connectivity index (χ4v) is 12.0. The highest BCUT2D eigenvalue weighted by atomic mass is 31.2. The molecular weight excluding hydrogens is 800 g/mol. The van der Waals surface area contributed by atoms with E-state index in [1.165, 1.54) is 5.56 Å². The van der Waals surface area contributed by atoms with Gasteiger partial charge in [0.15, 0.2) is 0 Å². The third-order valence-corrected chi connectivity index (χ3v) is 15.9. The summed E-state index contributed by atoms with van der Waals surface area (Å²) in [5.74, 6) is -0.0142. The van der Waals surface area contributed by atoms with Gasteiger partial charge in [-0.15, -0.1) is 0 Å². The lowest BCUT2D eigenvalue weighted by Gasteiger charge is -2.37. The summed E-state index contributed by atoms with van der Waals surface area (Å²) in [6.07, 6.45) is 9.26. The van der Waals surface area contributed by atoms with Gasteiger partial charge in [0.25, 0.3) is 5.91 Å². The standard InChI is InChI=1S/C50H61N4O7P/c1-4-35(5-2)32-60-49(58)34(3)52-62(59,61-43-17-10-7-11-18-43)33-36-20-21-38-22-23-39(29-40(38)28-36)46(55)51-44-19-13-12-16-42-24-25-45(54(42)47(44)56)48(57)53-31-41(30-50(53)26-27-50)37-14-8-6-9-15-37/h6-11,14-15,17-18,20-23,28-29,34-35,41-42,44-45H,4-5,12-13,16,19,24-27,30-33H2,1-3H3,(H,51,55)(H,52,59)/t34-,41?,42-,44-,45-,62?/m0/s1. The van der Waals surface area contributed by atoms with E-state index in [0.717, 1.165) is 68.6 Å². The van der Waals surface area contributed by atoms with E-state index in [-0.39, 0.29) is 41.4 Å². The molecule has 8 rings (SSSR count). The number of nitrogens with one attached hydrogen (secondary N) is 2. The third kappa shape index (κ3) is 9.64. The van der Waals surface area contributed by atoms with Crippen molar-refractivity contribution >= 4 is 42.0 Å². The van der Waals surface area contributed by atoms with Gasteiger partial charge in [-0.05, 0) is 104 Å². The van der Waals surface area contributed by atoms with Gasteiger partial charge in [0.2, 0.25) is 11.8 Å². The van der Waals surface area contributed by atoms with Crippen molar-refractivity contribution in [3.05, 3.63) is 114 Å². The molecule has 1 spiro atoms. The molecule has 2 unspecified atom stereocenters. The maximum atomic E-state index is 14.6. The van der Waals surface area contributed by atoms with E-state index in [0.29, 0.717) is 48.8 Å². The molecule has 3 saturated heterocycles. The second-order valence-electron chi connectivity index (χ2n) is 18.1. The lowest BCUT2D eigenvalue weighted by atomic mass is 9.96. The minimum Gasteiger partial charge on any atom is -0.464 e. The molecule has 1 saturated carbocycles. The molecule has 6 atom stereocenters. The molecule has 4 aliphatic rings. The van der Waals surface area contributed by atoms with Crippen molar-refractivity contribution in [3.63, 3.8) is 0 Å². The van der Waals surface area contributed by atoms with E-state index in [2.05, 4.69) is 53.4 Å². The molecular formula is C50H61N4O7P. The number of hydrogen-bond donors (Lipinski definition) is 2.